The number of carbonyl (C=O) groups is 3. The zero-order valence-electron chi connectivity index (χ0n) is 19.9. The molecule has 192 valence electrons. The van der Waals surface area contributed by atoms with Crippen molar-refractivity contribution in [2.24, 2.45) is 16.9 Å². The van der Waals surface area contributed by atoms with Crippen LogP contribution in [-0.2, 0) is 15.8 Å². The van der Waals surface area contributed by atoms with Gasteiger partial charge in [-0.05, 0) is 47.5 Å². The van der Waals surface area contributed by atoms with E-state index in [9.17, 15) is 27.6 Å². The van der Waals surface area contributed by atoms with Crippen molar-refractivity contribution in [3.8, 4) is 5.75 Å². The van der Waals surface area contributed by atoms with Crippen LogP contribution in [0.25, 0.3) is 0 Å². The lowest BCUT2D eigenvalue weighted by molar-refractivity contribution is -0.137. The Labute approximate surface area is 215 Å². The van der Waals surface area contributed by atoms with Crippen LogP contribution in [0.5, 0.6) is 5.75 Å². The average molecular weight is 519 g/mol. The van der Waals surface area contributed by atoms with Crippen molar-refractivity contribution in [3.63, 3.8) is 0 Å². The minimum atomic E-state index is -4.79. The monoisotopic (exact) mass is 519 g/mol. The standard InChI is InChI=1S/C28H20F3N3O4/c1-38-17-12-10-15(11-13-17)25(35)24-22-21(23-18-7-3-2-6-16(18)14-32-34(23)24)26(36)33(27(22)37)20-9-5-4-8-19(20)28(29,30)31/h2-14,21-24H,1H3/t21-,22-,23+,24+/m1/s1. The number of rotatable bonds is 4. The fraction of sp³-hybridized carbons (Fsp3) is 0.214. The van der Waals surface area contributed by atoms with Crippen molar-refractivity contribution in [3.05, 3.63) is 95.1 Å². The Bertz CT molecular complexity index is 1500. The number of hydrogen-bond donors (Lipinski definition) is 0. The van der Waals surface area contributed by atoms with Gasteiger partial charge in [0.15, 0.2) is 5.78 Å². The number of methoxy groups -OCH3 is 1. The second kappa shape index (κ2) is 8.54. The summed E-state index contributed by atoms with van der Waals surface area (Å²) in [5.41, 5.74) is 0.00513. The van der Waals surface area contributed by atoms with E-state index in [1.54, 1.807) is 54.7 Å². The summed E-state index contributed by atoms with van der Waals surface area (Å²) < 4.78 is 46.7. The number of ketones is 1. The molecule has 0 aliphatic carbocycles. The zero-order valence-corrected chi connectivity index (χ0v) is 19.9. The minimum absolute atomic E-state index is 0.263. The largest absolute Gasteiger partial charge is 0.497 e. The maximum atomic E-state index is 13.9. The Morgan fingerprint density at radius 1 is 0.895 bits per heavy atom. The first-order valence-corrected chi connectivity index (χ1v) is 11.9. The number of ether oxygens (including phenoxy) is 1. The van der Waals surface area contributed by atoms with Crippen LogP contribution >= 0.6 is 0 Å². The third-order valence-corrected chi connectivity index (χ3v) is 7.39. The number of anilines is 1. The Morgan fingerprint density at radius 2 is 1.55 bits per heavy atom. The van der Waals surface area contributed by atoms with Crippen LogP contribution in [-0.4, -0.2) is 42.0 Å². The van der Waals surface area contributed by atoms with Crippen LogP contribution < -0.4 is 9.64 Å². The topological polar surface area (TPSA) is 79.3 Å². The Hall–Kier alpha value is -4.47. The van der Waals surface area contributed by atoms with Crippen LogP contribution in [0.4, 0.5) is 18.9 Å². The fourth-order valence-corrected chi connectivity index (χ4v) is 5.74. The normalized spacial score (nSPS) is 23.8. The summed E-state index contributed by atoms with van der Waals surface area (Å²) in [6, 6.07) is 15.9. The van der Waals surface area contributed by atoms with E-state index in [0.717, 1.165) is 12.1 Å². The minimum Gasteiger partial charge on any atom is -0.497 e. The van der Waals surface area contributed by atoms with Crippen LogP contribution in [0.1, 0.15) is 33.1 Å². The predicted octanol–water partition coefficient (Wildman–Crippen LogP) is 4.48. The van der Waals surface area contributed by atoms with Gasteiger partial charge in [0.05, 0.1) is 42.5 Å². The van der Waals surface area contributed by atoms with Crippen molar-refractivity contribution in [2.75, 3.05) is 12.0 Å². The lowest BCUT2D eigenvalue weighted by Gasteiger charge is -2.34. The molecule has 7 nitrogen and oxygen atoms in total. The summed E-state index contributed by atoms with van der Waals surface area (Å²) in [7, 11) is 1.49. The van der Waals surface area contributed by atoms with Crippen LogP contribution in [0.2, 0.25) is 0 Å². The van der Waals surface area contributed by atoms with Gasteiger partial charge in [0.2, 0.25) is 11.8 Å². The van der Waals surface area contributed by atoms with Crippen LogP contribution in [0.3, 0.4) is 0 Å². The molecule has 3 aliphatic heterocycles. The van der Waals surface area contributed by atoms with Gasteiger partial charge in [-0.2, -0.15) is 18.3 Å². The molecule has 0 unspecified atom stereocenters. The van der Waals surface area contributed by atoms with Crippen molar-refractivity contribution >= 4 is 29.5 Å². The highest BCUT2D eigenvalue weighted by molar-refractivity contribution is 6.25. The van der Waals surface area contributed by atoms with Gasteiger partial charge in [-0.3, -0.25) is 19.4 Å². The molecule has 0 N–H and O–H groups in total. The zero-order chi connectivity index (χ0) is 26.8. The maximum absolute atomic E-state index is 13.9. The molecule has 0 saturated carbocycles. The number of hydrazone groups is 1. The lowest BCUT2D eigenvalue weighted by Crippen LogP contribution is -2.45. The average Bonchev–Trinajstić information content (AvgIpc) is 3.40. The maximum Gasteiger partial charge on any atom is 0.418 e. The molecule has 2 amide bonds. The number of fused-ring (bicyclic) bond motifs is 5. The second-order valence-corrected chi connectivity index (χ2v) is 9.31. The fourth-order valence-electron chi connectivity index (χ4n) is 5.74. The first kappa shape index (κ1) is 23.9. The quantitative estimate of drug-likeness (QED) is 0.375. The lowest BCUT2D eigenvalue weighted by atomic mass is 9.83. The molecule has 6 rings (SSSR count). The molecule has 0 bridgehead atoms. The molecule has 2 fully saturated rings. The molecule has 3 aromatic rings. The Kier molecular flexibility index (Phi) is 5.37. The number of amides is 2. The van der Waals surface area contributed by atoms with Gasteiger partial charge in [0, 0.05) is 5.56 Å². The summed E-state index contributed by atoms with van der Waals surface area (Å²) in [5, 5.41) is 5.93. The smallest absolute Gasteiger partial charge is 0.418 e. The molecule has 3 heterocycles. The van der Waals surface area contributed by atoms with Gasteiger partial charge in [-0.15, -0.1) is 0 Å². The molecule has 10 heteroatoms. The van der Waals surface area contributed by atoms with Crippen LogP contribution in [0, 0.1) is 11.8 Å². The third-order valence-electron chi connectivity index (χ3n) is 7.39. The molecule has 0 radical (unpaired) electrons. The summed E-state index contributed by atoms with van der Waals surface area (Å²) >= 11 is 0. The first-order valence-electron chi connectivity index (χ1n) is 11.9. The molecule has 38 heavy (non-hydrogen) atoms. The number of hydrogen-bond acceptors (Lipinski definition) is 6. The van der Waals surface area contributed by atoms with E-state index in [0.29, 0.717) is 21.8 Å². The van der Waals surface area contributed by atoms with Gasteiger partial charge in [-0.1, -0.05) is 36.4 Å². The van der Waals surface area contributed by atoms with E-state index in [1.807, 2.05) is 0 Å². The molecule has 2 saturated heterocycles. The van der Waals surface area contributed by atoms with Gasteiger partial charge < -0.3 is 4.74 Å². The van der Waals surface area contributed by atoms with Gasteiger partial charge in [-0.25, -0.2) is 4.90 Å². The van der Waals surface area contributed by atoms with E-state index in [-0.39, 0.29) is 5.56 Å². The van der Waals surface area contributed by atoms with E-state index in [1.165, 1.54) is 24.3 Å². The number of benzene rings is 3. The number of Topliss-reactive ketones (excluding diaryl/α,β-unsaturated/α-hetero) is 1. The van der Waals surface area contributed by atoms with Crippen molar-refractivity contribution in [1.29, 1.82) is 0 Å². The SMILES string of the molecule is COc1ccc(C(=O)[C@@H]2[C@@H]3C(=O)N(c4ccccc4C(F)(F)F)C(=O)[C@H]3[C@@H]3c4ccccc4C=NN23)cc1. The summed E-state index contributed by atoms with van der Waals surface area (Å²) in [4.78, 5) is 42.2. The van der Waals surface area contributed by atoms with E-state index in [2.05, 4.69) is 5.10 Å². The molecule has 3 aliphatic rings. The van der Waals surface area contributed by atoms with Crippen molar-refractivity contribution in [2.45, 2.75) is 18.3 Å². The summed E-state index contributed by atoms with van der Waals surface area (Å²) in [5.74, 6) is -3.92. The number of carbonyl (C=O) groups excluding carboxylic acids is 3. The van der Waals surface area contributed by atoms with Gasteiger partial charge in [0.25, 0.3) is 0 Å². The highest BCUT2D eigenvalue weighted by atomic mass is 19.4. The molecule has 0 spiro atoms. The van der Waals surface area contributed by atoms with E-state index < -0.39 is 58.9 Å². The Morgan fingerprint density at radius 3 is 2.26 bits per heavy atom. The second-order valence-electron chi connectivity index (χ2n) is 9.31. The van der Waals surface area contributed by atoms with Gasteiger partial charge in [0.1, 0.15) is 11.8 Å². The Balaban J connectivity index is 1.50. The summed E-state index contributed by atoms with van der Waals surface area (Å²) in [6.07, 6.45) is -3.23. The molecule has 4 atom stereocenters. The molecule has 3 aromatic carbocycles. The van der Waals surface area contributed by atoms with E-state index >= 15 is 0 Å². The van der Waals surface area contributed by atoms with Crippen LogP contribution in [0.15, 0.2) is 77.9 Å². The molecular formula is C28H20F3N3O4. The number of para-hydroxylation sites is 1. The number of halogens is 3. The highest BCUT2D eigenvalue weighted by Gasteiger charge is 2.65. The highest BCUT2D eigenvalue weighted by Crippen LogP contribution is 2.54. The number of nitrogens with zero attached hydrogens (tertiary/aromatic N) is 3. The van der Waals surface area contributed by atoms with E-state index in [4.69, 9.17) is 4.74 Å². The summed E-state index contributed by atoms with van der Waals surface area (Å²) in [6.45, 7) is 0. The number of imide groups is 1. The molecule has 0 aromatic heterocycles. The predicted molar refractivity (Wildman–Crippen MR) is 131 cm³/mol. The van der Waals surface area contributed by atoms with Crippen molar-refractivity contribution in [1.82, 2.24) is 5.01 Å². The third kappa shape index (κ3) is 3.43. The van der Waals surface area contributed by atoms with Gasteiger partial charge >= 0.3 is 6.18 Å². The number of alkyl halides is 3. The van der Waals surface area contributed by atoms with Crippen molar-refractivity contribution < 1.29 is 32.3 Å². The first-order chi connectivity index (χ1) is 18.2. The molecular weight excluding hydrogens is 499 g/mol.